The van der Waals surface area contributed by atoms with Crippen LogP contribution in [0.25, 0.3) is 5.52 Å². The van der Waals surface area contributed by atoms with E-state index in [0.717, 1.165) is 22.5 Å². The molecule has 2 aromatic rings. The first kappa shape index (κ1) is 11.2. The molecule has 0 bridgehead atoms. The van der Waals surface area contributed by atoms with E-state index in [1.165, 1.54) is 25.7 Å². The molecule has 1 fully saturated rings. The second-order valence-corrected chi connectivity index (χ2v) is 5.39. The Balaban J connectivity index is 1.80. The molecule has 17 heavy (non-hydrogen) atoms. The molecule has 0 aliphatic heterocycles. The molecule has 3 rings (SSSR count). The highest BCUT2D eigenvalue weighted by molar-refractivity contribution is 9.10. The first-order valence-corrected chi connectivity index (χ1v) is 6.99. The second kappa shape index (κ2) is 4.78. The summed E-state index contributed by atoms with van der Waals surface area (Å²) in [5.74, 6) is 1.08. The van der Waals surface area contributed by atoms with Gasteiger partial charge in [0.05, 0.1) is 12.1 Å². The Labute approximate surface area is 109 Å². The lowest BCUT2D eigenvalue weighted by atomic mass is 10.2. The molecule has 2 aromatic heterocycles. The maximum Gasteiger partial charge on any atom is 0.132 e. The van der Waals surface area contributed by atoms with Crippen molar-refractivity contribution in [2.24, 2.45) is 0 Å². The molecule has 0 atom stereocenters. The Morgan fingerprint density at radius 3 is 3.00 bits per heavy atom. The van der Waals surface area contributed by atoms with Gasteiger partial charge in [-0.1, -0.05) is 18.9 Å². The monoisotopic (exact) mass is 293 g/mol. The maximum absolute atomic E-state index is 4.57. The van der Waals surface area contributed by atoms with Gasteiger partial charge in [-0.05, 0) is 40.9 Å². The van der Waals surface area contributed by atoms with Crippen LogP contribution in [0, 0.1) is 0 Å². The van der Waals surface area contributed by atoms with E-state index < -0.39 is 0 Å². The number of hydrogen-bond acceptors (Lipinski definition) is 2. The topological polar surface area (TPSA) is 29.3 Å². The molecule has 4 heteroatoms. The Kier molecular flexibility index (Phi) is 3.16. The van der Waals surface area contributed by atoms with E-state index in [0.29, 0.717) is 6.04 Å². The van der Waals surface area contributed by atoms with E-state index in [-0.39, 0.29) is 0 Å². The fourth-order valence-electron chi connectivity index (χ4n) is 2.55. The molecule has 3 nitrogen and oxygen atoms in total. The minimum atomic E-state index is 0.685. The zero-order chi connectivity index (χ0) is 11.7. The second-order valence-electron chi connectivity index (χ2n) is 4.64. The summed E-state index contributed by atoms with van der Waals surface area (Å²) in [4.78, 5) is 4.57. The average Bonchev–Trinajstić information content (AvgIpc) is 2.96. The molecule has 0 spiro atoms. The fraction of sp³-hybridized carbons (Fsp3) is 0.462. The summed E-state index contributed by atoms with van der Waals surface area (Å²) in [5, 5.41) is 3.60. The van der Waals surface area contributed by atoms with Gasteiger partial charge in [-0.2, -0.15) is 0 Å². The largest absolute Gasteiger partial charge is 0.307 e. The molecular weight excluding hydrogens is 278 g/mol. The van der Waals surface area contributed by atoms with E-state index in [9.17, 15) is 0 Å². The van der Waals surface area contributed by atoms with Gasteiger partial charge in [0.15, 0.2) is 0 Å². The molecular formula is C13H16BrN3. The highest BCUT2D eigenvalue weighted by Gasteiger charge is 2.15. The van der Waals surface area contributed by atoms with E-state index in [1.54, 1.807) is 0 Å². The summed E-state index contributed by atoms with van der Waals surface area (Å²) >= 11 is 3.51. The molecule has 1 aliphatic rings. The zero-order valence-corrected chi connectivity index (χ0v) is 11.3. The van der Waals surface area contributed by atoms with Gasteiger partial charge >= 0.3 is 0 Å². The van der Waals surface area contributed by atoms with Gasteiger partial charge in [-0.3, -0.25) is 0 Å². The van der Waals surface area contributed by atoms with E-state index in [1.807, 2.05) is 12.1 Å². The molecule has 0 aromatic carbocycles. The molecule has 0 saturated heterocycles. The van der Waals surface area contributed by atoms with Crippen molar-refractivity contribution in [2.45, 2.75) is 38.3 Å². The number of fused-ring (bicyclic) bond motifs is 1. The Morgan fingerprint density at radius 1 is 1.35 bits per heavy atom. The van der Waals surface area contributed by atoms with Crippen LogP contribution in [0.5, 0.6) is 0 Å². The van der Waals surface area contributed by atoms with Crippen molar-refractivity contribution in [1.29, 1.82) is 0 Å². The third-order valence-electron chi connectivity index (χ3n) is 3.48. The first-order chi connectivity index (χ1) is 8.34. The standard InChI is InChI=1S/C13H16BrN3/c14-13-11-7-3-4-8-17(11)12(16-13)9-15-10-5-1-2-6-10/h3-4,7-8,10,15H,1-2,5-6,9H2. The van der Waals surface area contributed by atoms with Crippen LogP contribution in [0.1, 0.15) is 31.5 Å². The number of halogens is 1. The summed E-state index contributed by atoms with van der Waals surface area (Å²) in [7, 11) is 0. The van der Waals surface area contributed by atoms with E-state index >= 15 is 0 Å². The minimum absolute atomic E-state index is 0.685. The van der Waals surface area contributed by atoms with E-state index in [4.69, 9.17) is 0 Å². The van der Waals surface area contributed by atoms with Crippen LogP contribution in [0.15, 0.2) is 29.0 Å². The predicted octanol–water partition coefficient (Wildman–Crippen LogP) is 3.13. The number of nitrogens with zero attached hydrogens (tertiary/aromatic N) is 2. The summed E-state index contributed by atoms with van der Waals surface area (Å²) in [5.41, 5.74) is 1.13. The number of hydrogen-bond donors (Lipinski definition) is 1. The van der Waals surface area contributed by atoms with Crippen molar-refractivity contribution in [3.63, 3.8) is 0 Å². The van der Waals surface area contributed by atoms with Crippen LogP contribution in [-0.2, 0) is 6.54 Å². The van der Waals surface area contributed by atoms with Gasteiger partial charge in [0.25, 0.3) is 0 Å². The van der Waals surface area contributed by atoms with Crippen LogP contribution >= 0.6 is 15.9 Å². The number of nitrogens with one attached hydrogen (secondary N) is 1. The number of rotatable bonds is 3. The molecule has 1 aliphatic carbocycles. The molecule has 1 saturated carbocycles. The van der Waals surface area contributed by atoms with Crippen LogP contribution in [-0.4, -0.2) is 15.4 Å². The van der Waals surface area contributed by atoms with Gasteiger partial charge in [0, 0.05) is 12.2 Å². The summed E-state index contributed by atoms with van der Waals surface area (Å²) < 4.78 is 3.08. The van der Waals surface area contributed by atoms with Crippen molar-refractivity contribution >= 4 is 21.4 Å². The number of aromatic nitrogens is 2. The normalized spacial score (nSPS) is 17.0. The summed E-state index contributed by atoms with van der Waals surface area (Å²) in [6.45, 7) is 0.849. The van der Waals surface area contributed by atoms with E-state index in [2.05, 4.69) is 42.9 Å². The van der Waals surface area contributed by atoms with Crippen LogP contribution < -0.4 is 5.32 Å². The van der Waals surface area contributed by atoms with Gasteiger partial charge in [0.1, 0.15) is 10.4 Å². The summed E-state index contributed by atoms with van der Waals surface area (Å²) in [6, 6.07) is 6.84. The summed E-state index contributed by atoms with van der Waals surface area (Å²) in [6.07, 6.45) is 7.42. The Hall–Kier alpha value is -0.870. The third-order valence-corrected chi connectivity index (χ3v) is 4.06. The lowest BCUT2D eigenvalue weighted by molar-refractivity contribution is 0.513. The molecule has 0 unspecified atom stereocenters. The minimum Gasteiger partial charge on any atom is -0.307 e. The van der Waals surface area contributed by atoms with Crippen molar-refractivity contribution < 1.29 is 0 Å². The predicted molar refractivity (Wildman–Crippen MR) is 72.0 cm³/mol. The average molecular weight is 294 g/mol. The maximum atomic E-state index is 4.57. The molecule has 0 amide bonds. The molecule has 0 radical (unpaired) electrons. The lowest BCUT2D eigenvalue weighted by Crippen LogP contribution is -2.26. The molecule has 2 heterocycles. The highest BCUT2D eigenvalue weighted by atomic mass is 79.9. The van der Waals surface area contributed by atoms with Crippen LogP contribution in [0.3, 0.4) is 0 Å². The smallest absolute Gasteiger partial charge is 0.132 e. The molecule has 1 N–H and O–H groups in total. The zero-order valence-electron chi connectivity index (χ0n) is 9.69. The lowest BCUT2D eigenvalue weighted by Gasteiger charge is -2.10. The Morgan fingerprint density at radius 2 is 2.18 bits per heavy atom. The third kappa shape index (κ3) is 2.24. The number of pyridine rings is 1. The van der Waals surface area contributed by atoms with Crippen molar-refractivity contribution in [3.8, 4) is 0 Å². The van der Waals surface area contributed by atoms with Gasteiger partial charge < -0.3 is 9.72 Å². The van der Waals surface area contributed by atoms with Crippen molar-refractivity contribution in [3.05, 3.63) is 34.8 Å². The SMILES string of the molecule is Brc1nc(CNC2CCCC2)n2ccccc12. The Bertz CT molecular complexity index is 514. The fourth-order valence-corrected chi connectivity index (χ4v) is 3.08. The quantitative estimate of drug-likeness (QED) is 0.942. The van der Waals surface area contributed by atoms with Crippen molar-refractivity contribution in [2.75, 3.05) is 0 Å². The van der Waals surface area contributed by atoms with Gasteiger partial charge in [0.2, 0.25) is 0 Å². The van der Waals surface area contributed by atoms with Crippen LogP contribution in [0.2, 0.25) is 0 Å². The van der Waals surface area contributed by atoms with Crippen LogP contribution in [0.4, 0.5) is 0 Å². The van der Waals surface area contributed by atoms with Gasteiger partial charge in [-0.15, -0.1) is 0 Å². The number of imidazole rings is 1. The van der Waals surface area contributed by atoms with Gasteiger partial charge in [-0.25, -0.2) is 4.98 Å². The first-order valence-electron chi connectivity index (χ1n) is 6.19. The molecule has 90 valence electrons. The van der Waals surface area contributed by atoms with Crippen molar-refractivity contribution in [1.82, 2.24) is 14.7 Å². The highest BCUT2D eigenvalue weighted by Crippen LogP contribution is 2.20.